The summed E-state index contributed by atoms with van der Waals surface area (Å²) in [5, 5.41) is 0. The van der Waals surface area contributed by atoms with E-state index in [2.05, 4.69) is 41.7 Å². The molecule has 0 saturated carbocycles. The number of halogens is 6. The Morgan fingerprint density at radius 1 is 0.583 bits per heavy atom. The molecule has 0 radical (unpaired) electrons. The van der Waals surface area contributed by atoms with Gasteiger partial charge in [-0.3, -0.25) is 0 Å². The van der Waals surface area contributed by atoms with Crippen molar-refractivity contribution in [3.05, 3.63) is 22.8 Å². The van der Waals surface area contributed by atoms with Crippen molar-refractivity contribution >= 4 is 20.0 Å². The molecule has 48 heavy (non-hydrogen) atoms. The van der Waals surface area contributed by atoms with Crippen LogP contribution in [-0.4, -0.2) is 45.6 Å². The Labute approximate surface area is 284 Å². The number of alkyl halides is 6. The van der Waals surface area contributed by atoms with E-state index in [9.17, 15) is 43.2 Å². The lowest BCUT2D eigenvalue weighted by Crippen LogP contribution is -2.32. The highest BCUT2D eigenvalue weighted by molar-refractivity contribution is 8.13. The number of nitrogens with zero attached hydrogens (tertiary/aromatic N) is 3. The first-order valence-electron chi connectivity index (χ1n) is 17.1. The van der Waals surface area contributed by atoms with Crippen LogP contribution >= 0.6 is 0 Å². The Hall–Kier alpha value is -1.43. The van der Waals surface area contributed by atoms with Crippen LogP contribution < -0.4 is 4.57 Å². The molecule has 0 aliphatic carbocycles. The highest BCUT2D eigenvalue weighted by atomic mass is 32.3. The summed E-state index contributed by atoms with van der Waals surface area (Å²) in [6.45, 7) is 7.58. The summed E-state index contributed by atoms with van der Waals surface area (Å²) in [5.41, 5.74) is -12.4. The van der Waals surface area contributed by atoms with Gasteiger partial charge in [0.05, 0.1) is 13.2 Å². The molecular formula is C31H57F6N3O6S2. The number of ether oxygens (including phenoxy) is 2. The molecule has 9 nitrogen and oxygen atoms in total. The molecule has 0 saturated heterocycles. The van der Waals surface area contributed by atoms with Gasteiger partial charge in [0, 0.05) is 0 Å². The molecular weight excluding hydrogens is 688 g/mol. The second kappa shape index (κ2) is 26.4. The third-order valence-electron chi connectivity index (χ3n) is 7.29. The molecule has 0 atom stereocenters. The third-order valence-corrected chi connectivity index (χ3v) is 10.0. The molecule has 17 heteroatoms. The zero-order valence-corrected chi connectivity index (χ0v) is 30.2. The van der Waals surface area contributed by atoms with Crippen molar-refractivity contribution in [2.75, 3.05) is 13.2 Å². The fourth-order valence-corrected chi connectivity index (χ4v) is 6.24. The van der Waals surface area contributed by atoms with Crippen LogP contribution in [-0.2, 0) is 43.0 Å². The minimum absolute atomic E-state index is 0.642. The third kappa shape index (κ3) is 23.8. The lowest BCUT2D eigenvalue weighted by Gasteiger charge is -2.22. The molecule has 0 unspecified atom stereocenters. The summed E-state index contributed by atoms with van der Waals surface area (Å²) in [5.74, 6) is 0. The summed E-state index contributed by atoms with van der Waals surface area (Å²) >= 11 is 0. The molecule has 286 valence electrons. The van der Waals surface area contributed by atoms with Crippen LogP contribution in [0.25, 0.3) is 4.13 Å². The highest BCUT2D eigenvalue weighted by Crippen LogP contribution is 2.36. The van der Waals surface area contributed by atoms with Crippen LogP contribution in [0.3, 0.4) is 0 Å². The number of hydrogen-bond acceptors (Lipinski definition) is 6. The number of unbranched alkanes of at least 4 members (excludes halogenated alkanes) is 18. The van der Waals surface area contributed by atoms with Gasteiger partial charge >= 0.3 is 11.0 Å². The molecule has 1 aromatic rings. The Bertz CT molecular complexity index is 1050. The molecule has 0 amide bonds. The van der Waals surface area contributed by atoms with E-state index >= 15 is 0 Å². The zero-order chi connectivity index (χ0) is 36.4. The Morgan fingerprint density at radius 3 is 1.31 bits per heavy atom. The number of hydrogen-bond donors (Lipinski definition) is 0. The number of sulfonamides is 2. The Kier molecular flexibility index (Phi) is 25.6. The SMILES string of the molecule is CCCCCCCCCCCCOCn1cc[n+](COCCCCCCCCCCCC)c1.O=S(=O)([N-]S(=O)(=O)C(F)(F)F)C(F)(F)F. The summed E-state index contributed by atoms with van der Waals surface area (Å²) in [7, 11) is -13.4. The number of imidazole rings is 1. The van der Waals surface area contributed by atoms with E-state index in [0.717, 1.165) is 17.3 Å². The summed E-state index contributed by atoms with van der Waals surface area (Å²) in [6, 6.07) is 0. The molecule has 1 aromatic heterocycles. The molecule has 0 aromatic carbocycles. The van der Waals surface area contributed by atoms with Crippen LogP contribution in [0.1, 0.15) is 142 Å². The van der Waals surface area contributed by atoms with Crippen molar-refractivity contribution in [3.8, 4) is 0 Å². The maximum atomic E-state index is 11.4. The van der Waals surface area contributed by atoms with Gasteiger partial charge in [-0.1, -0.05) is 129 Å². The first-order chi connectivity index (χ1) is 22.6. The molecule has 0 bridgehead atoms. The molecule has 0 spiro atoms. The molecule has 0 aliphatic heterocycles. The van der Waals surface area contributed by atoms with Crippen molar-refractivity contribution < 1.29 is 57.2 Å². The van der Waals surface area contributed by atoms with Crippen molar-refractivity contribution in [1.82, 2.24) is 4.57 Å². The minimum atomic E-state index is -6.72. The van der Waals surface area contributed by atoms with E-state index < -0.39 is 31.1 Å². The molecule has 0 aliphatic rings. The smallest absolute Gasteiger partial charge is 0.421 e. The Balaban J connectivity index is 0.00000123. The van der Waals surface area contributed by atoms with Crippen LogP contribution in [0.2, 0.25) is 0 Å². The summed E-state index contributed by atoms with van der Waals surface area (Å²) in [4.78, 5) is 0. The van der Waals surface area contributed by atoms with E-state index in [0.29, 0.717) is 13.5 Å². The van der Waals surface area contributed by atoms with Gasteiger partial charge in [0.15, 0.2) is 33.5 Å². The van der Waals surface area contributed by atoms with Crippen LogP contribution in [0.4, 0.5) is 26.3 Å². The summed E-state index contributed by atoms with van der Waals surface area (Å²) < 4.78 is 125. The van der Waals surface area contributed by atoms with E-state index in [4.69, 9.17) is 9.47 Å². The van der Waals surface area contributed by atoms with Gasteiger partial charge in [0.1, 0.15) is 12.4 Å². The maximum absolute atomic E-state index is 11.4. The average molecular weight is 746 g/mol. The van der Waals surface area contributed by atoms with E-state index in [1.54, 1.807) is 0 Å². The van der Waals surface area contributed by atoms with Crippen molar-refractivity contribution in [2.45, 2.75) is 167 Å². The van der Waals surface area contributed by atoms with Gasteiger partial charge in [-0.05, 0) is 12.8 Å². The lowest BCUT2D eigenvalue weighted by atomic mass is 10.1. The zero-order valence-electron chi connectivity index (χ0n) is 28.6. The number of aromatic nitrogens is 2. The highest BCUT2D eigenvalue weighted by Gasteiger charge is 2.46. The number of rotatable bonds is 28. The van der Waals surface area contributed by atoms with Crippen molar-refractivity contribution in [3.63, 3.8) is 0 Å². The fourth-order valence-electron chi connectivity index (χ4n) is 4.53. The molecule has 0 fully saturated rings. The molecule has 0 N–H and O–H groups in total. The van der Waals surface area contributed by atoms with E-state index in [1.807, 2.05) is 0 Å². The maximum Gasteiger partial charge on any atom is 0.480 e. The second-order valence-corrected chi connectivity index (χ2v) is 15.2. The van der Waals surface area contributed by atoms with Gasteiger partial charge in [-0.25, -0.2) is 26.0 Å². The van der Waals surface area contributed by atoms with E-state index in [-0.39, 0.29) is 0 Å². The second-order valence-electron chi connectivity index (χ2n) is 11.8. The van der Waals surface area contributed by atoms with Gasteiger partial charge in [0.2, 0.25) is 6.33 Å². The van der Waals surface area contributed by atoms with Crippen LogP contribution in [0.5, 0.6) is 0 Å². The monoisotopic (exact) mass is 745 g/mol. The van der Waals surface area contributed by atoms with Gasteiger partial charge in [0.25, 0.3) is 0 Å². The normalized spacial score (nSPS) is 12.7. The lowest BCUT2D eigenvalue weighted by molar-refractivity contribution is -0.732. The predicted octanol–water partition coefficient (Wildman–Crippen LogP) is 9.62. The van der Waals surface area contributed by atoms with Crippen LogP contribution in [0.15, 0.2) is 18.7 Å². The first-order valence-corrected chi connectivity index (χ1v) is 20.0. The molecule has 1 rings (SSSR count). The Morgan fingerprint density at radius 2 is 0.938 bits per heavy atom. The standard InChI is InChI=1S/C29H57N2O2.C2F6NO4S2/c1-3-5-7-9-11-13-15-17-19-21-25-32-28-30-23-24-31(27-30)29-33-26-22-20-18-16-14-12-10-8-6-4-2;3-1(4,5)14(10,11)9-15(12,13)2(6,7)8/h23-24,27H,3-22,25-26,28-29H2,1-2H3;/q+1;-1. The van der Waals surface area contributed by atoms with Gasteiger partial charge in [-0.2, -0.15) is 26.3 Å². The van der Waals surface area contributed by atoms with Gasteiger partial charge < -0.3 is 13.6 Å². The first kappa shape index (κ1) is 46.6. The fraction of sp³-hybridized carbons (Fsp3) is 0.903. The van der Waals surface area contributed by atoms with E-state index in [1.165, 1.54) is 128 Å². The average Bonchev–Trinajstić information content (AvgIpc) is 3.44. The summed E-state index contributed by atoms with van der Waals surface area (Å²) in [6.07, 6.45) is 33.6. The topological polar surface area (TPSA) is 110 Å². The largest absolute Gasteiger partial charge is 0.480 e. The quantitative estimate of drug-likeness (QED) is 0.0480. The minimum Gasteiger partial charge on any atom is -0.421 e. The predicted molar refractivity (Wildman–Crippen MR) is 174 cm³/mol. The van der Waals surface area contributed by atoms with Crippen molar-refractivity contribution in [2.24, 2.45) is 0 Å². The van der Waals surface area contributed by atoms with Crippen molar-refractivity contribution in [1.29, 1.82) is 0 Å². The van der Waals surface area contributed by atoms with Gasteiger partial charge in [-0.15, -0.1) is 0 Å². The molecule has 1 heterocycles. The van der Waals surface area contributed by atoms with Crippen LogP contribution in [0, 0.1) is 0 Å².